The number of nitrogens with zero attached hydrogens (tertiary/aromatic N) is 2. The number of ether oxygens (including phenoxy) is 2. The second-order valence-corrected chi connectivity index (χ2v) is 8.34. The minimum absolute atomic E-state index is 0.0621. The third kappa shape index (κ3) is 8.03. The number of rotatable bonds is 10. The summed E-state index contributed by atoms with van der Waals surface area (Å²) in [6.45, 7) is -0.138. The first kappa shape index (κ1) is 27.1. The zero-order valence-corrected chi connectivity index (χ0v) is 20.3. The maximum atomic E-state index is 12.6. The van der Waals surface area contributed by atoms with E-state index in [0.29, 0.717) is 5.69 Å². The van der Waals surface area contributed by atoms with E-state index in [1.54, 1.807) is 0 Å². The molecule has 0 fully saturated rings. The molecule has 8 nitrogen and oxygen atoms in total. The Morgan fingerprint density at radius 1 is 0.872 bits per heavy atom. The van der Waals surface area contributed by atoms with Gasteiger partial charge in [0.15, 0.2) is 0 Å². The Hall–Kier alpha value is -4.93. The van der Waals surface area contributed by atoms with Crippen LogP contribution in [0.5, 0.6) is 11.5 Å². The van der Waals surface area contributed by atoms with Gasteiger partial charge in [-0.25, -0.2) is 9.78 Å². The van der Waals surface area contributed by atoms with Crippen LogP contribution in [0, 0.1) is 0 Å². The van der Waals surface area contributed by atoms with Crippen LogP contribution in [0.15, 0.2) is 91.3 Å². The molecule has 1 amide bonds. The normalized spacial score (nSPS) is 11.9. The van der Waals surface area contributed by atoms with Crippen LogP contribution in [0.2, 0.25) is 0 Å². The molecule has 1 unspecified atom stereocenters. The Morgan fingerprint density at radius 2 is 1.56 bits per heavy atom. The molecule has 39 heavy (non-hydrogen) atoms. The first-order valence-corrected chi connectivity index (χ1v) is 11.6. The Labute approximate surface area is 221 Å². The standard InChI is InChI=1S/C28H22F3N3O5/c29-28(30,31)39-23-8-4-7-22(14-23)38-17-21-15-33-25(16-32-21)26(35)34-24(27(36)37)13-18-9-11-20(12-10-18)19-5-2-1-3-6-19/h1-12,14-16,24H,13,17H2,(H,34,35)(H,36,37). The highest BCUT2D eigenvalue weighted by atomic mass is 19.4. The van der Waals surface area contributed by atoms with Crippen LogP contribution < -0.4 is 14.8 Å². The Kier molecular flexibility index (Phi) is 8.40. The molecule has 4 aromatic rings. The van der Waals surface area contributed by atoms with Gasteiger partial charge in [-0.1, -0.05) is 60.7 Å². The molecule has 1 aromatic heterocycles. The maximum absolute atomic E-state index is 12.6. The monoisotopic (exact) mass is 537 g/mol. The zero-order chi connectivity index (χ0) is 27.8. The van der Waals surface area contributed by atoms with Crippen LogP contribution in [0.25, 0.3) is 11.1 Å². The van der Waals surface area contributed by atoms with E-state index in [1.165, 1.54) is 18.3 Å². The summed E-state index contributed by atoms with van der Waals surface area (Å²) in [5, 5.41) is 12.1. The molecule has 0 aliphatic carbocycles. The molecule has 0 aliphatic heterocycles. The lowest BCUT2D eigenvalue weighted by atomic mass is 10.0. The molecule has 1 heterocycles. The summed E-state index contributed by atoms with van der Waals surface area (Å²) in [5.41, 5.74) is 2.93. The summed E-state index contributed by atoms with van der Waals surface area (Å²) in [4.78, 5) is 32.5. The summed E-state index contributed by atoms with van der Waals surface area (Å²) < 4.78 is 46.4. The number of nitrogens with one attached hydrogen (secondary N) is 1. The fraction of sp³-hybridized carbons (Fsp3) is 0.143. The highest BCUT2D eigenvalue weighted by molar-refractivity contribution is 5.94. The van der Waals surface area contributed by atoms with Gasteiger partial charge in [0.2, 0.25) is 0 Å². The van der Waals surface area contributed by atoms with E-state index < -0.39 is 30.0 Å². The lowest BCUT2D eigenvalue weighted by Gasteiger charge is -2.15. The highest BCUT2D eigenvalue weighted by Crippen LogP contribution is 2.26. The predicted octanol–water partition coefficient (Wildman–Crippen LogP) is 5.05. The molecule has 0 aliphatic rings. The molecule has 3 aromatic carbocycles. The van der Waals surface area contributed by atoms with Crippen LogP contribution in [-0.2, 0) is 17.8 Å². The summed E-state index contributed by atoms with van der Waals surface area (Å²) in [5.74, 6) is -2.25. The number of amides is 1. The van der Waals surface area contributed by atoms with Crippen LogP contribution in [0.3, 0.4) is 0 Å². The first-order valence-electron chi connectivity index (χ1n) is 11.6. The number of carbonyl (C=O) groups excluding carboxylic acids is 1. The van der Waals surface area contributed by atoms with Crippen molar-refractivity contribution in [2.75, 3.05) is 0 Å². The van der Waals surface area contributed by atoms with Gasteiger partial charge >= 0.3 is 12.3 Å². The topological polar surface area (TPSA) is 111 Å². The third-order valence-corrected chi connectivity index (χ3v) is 5.47. The van der Waals surface area contributed by atoms with Crippen molar-refractivity contribution in [3.8, 4) is 22.6 Å². The highest BCUT2D eigenvalue weighted by Gasteiger charge is 2.31. The molecule has 0 saturated heterocycles. The molecule has 200 valence electrons. The molecule has 0 bridgehead atoms. The van der Waals surface area contributed by atoms with Gasteiger partial charge in [0.05, 0.1) is 18.1 Å². The van der Waals surface area contributed by atoms with E-state index in [1.807, 2.05) is 54.6 Å². The molecule has 0 saturated carbocycles. The van der Waals surface area contributed by atoms with Crippen molar-refractivity contribution in [3.63, 3.8) is 0 Å². The molecule has 11 heteroatoms. The van der Waals surface area contributed by atoms with E-state index in [0.717, 1.165) is 35.0 Å². The van der Waals surface area contributed by atoms with Gasteiger partial charge in [-0.15, -0.1) is 13.2 Å². The zero-order valence-electron chi connectivity index (χ0n) is 20.3. The molecular weight excluding hydrogens is 515 g/mol. The van der Waals surface area contributed by atoms with E-state index in [4.69, 9.17) is 4.74 Å². The SMILES string of the molecule is O=C(NC(Cc1ccc(-c2ccccc2)cc1)C(=O)O)c1cnc(COc2cccc(OC(F)(F)F)c2)cn1. The summed E-state index contributed by atoms with van der Waals surface area (Å²) in [7, 11) is 0. The average Bonchev–Trinajstić information content (AvgIpc) is 2.92. The second-order valence-electron chi connectivity index (χ2n) is 8.34. The van der Waals surface area contributed by atoms with E-state index in [2.05, 4.69) is 20.0 Å². The van der Waals surface area contributed by atoms with E-state index >= 15 is 0 Å². The van der Waals surface area contributed by atoms with Gasteiger partial charge < -0.3 is 19.9 Å². The Morgan fingerprint density at radius 3 is 2.21 bits per heavy atom. The molecule has 2 N–H and O–H groups in total. The van der Waals surface area contributed by atoms with Crippen molar-refractivity contribution in [1.29, 1.82) is 0 Å². The second kappa shape index (κ2) is 12.1. The van der Waals surface area contributed by atoms with Crippen molar-refractivity contribution < 1.29 is 37.3 Å². The van der Waals surface area contributed by atoms with Gasteiger partial charge in [0.25, 0.3) is 5.91 Å². The number of halogens is 3. The number of carbonyl (C=O) groups is 2. The molecule has 0 radical (unpaired) electrons. The number of carboxylic acids is 1. The predicted molar refractivity (Wildman–Crippen MR) is 134 cm³/mol. The van der Waals surface area contributed by atoms with Crippen LogP contribution >= 0.6 is 0 Å². The lowest BCUT2D eigenvalue weighted by molar-refractivity contribution is -0.274. The number of hydrogen-bond acceptors (Lipinski definition) is 6. The Balaban J connectivity index is 1.33. The van der Waals surface area contributed by atoms with Crippen molar-refractivity contribution in [3.05, 3.63) is 108 Å². The number of benzene rings is 3. The van der Waals surface area contributed by atoms with Crippen molar-refractivity contribution in [1.82, 2.24) is 15.3 Å². The third-order valence-electron chi connectivity index (χ3n) is 5.47. The lowest BCUT2D eigenvalue weighted by Crippen LogP contribution is -2.42. The summed E-state index contributed by atoms with van der Waals surface area (Å²) in [6.07, 6.45) is -2.35. The maximum Gasteiger partial charge on any atom is 0.573 e. The van der Waals surface area contributed by atoms with E-state index in [-0.39, 0.29) is 24.5 Å². The fourth-order valence-corrected chi connectivity index (χ4v) is 3.60. The molecule has 4 rings (SSSR count). The molecule has 0 spiro atoms. The fourth-order valence-electron chi connectivity index (χ4n) is 3.60. The summed E-state index contributed by atoms with van der Waals surface area (Å²) >= 11 is 0. The van der Waals surface area contributed by atoms with Crippen molar-refractivity contribution >= 4 is 11.9 Å². The van der Waals surface area contributed by atoms with Crippen LogP contribution in [0.4, 0.5) is 13.2 Å². The van der Waals surface area contributed by atoms with Gasteiger partial charge in [0.1, 0.15) is 29.8 Å². The molecular formula is C28H22F3N3O5. The molecule has 1 atom stereocenters. The van der Waals surface area contributed by atoms with Gasteiger partial charge in [-0.3, -0.25) is 9.78 Å². The quantitative estimate of drug-likeness (QED) is 0.291. The number of alkyl halides is 3. The Bertz CT molecular complexity index is 1410. The number of aromatic nitrogens is 2. The minimum atomic E-state index is -4.83. The van der Waals surface area contributed by atoms with Crippen LogP contribution in [0.1, 0.15) is 21.7 Å². The van der Waals surface area contributed by atoms with E-state index in [9.17, 15) is 27.9 Å². The van der Waals surface area contributed by atoms with Gasteiger partial charge in [-0.05, 0) is 28.8 Å². The number of carboxylic acid groups (broad SMARTS) is 1. The number of aliphatic carboxylic acids is 1. The van der Waals surface area contributed by atoms with Crippen LogP contribution in [-0.4, -0.2) is 39.4 Å². The smallest absolute Gasteiger partial charge is 0.487 e. The minimum Gasteiger partial charge on any atom is -0.487 e. The summed E-state index contributed by atoms with van der Waals surface area (Å²) in [6, 6.07) is 20.9. The first-order chi connectivity index (χ1) is 18.7. The number of hydrogen-bond donors (Lipinski definition) is 2. The van der Waals surface area contributed by atoms with Gasteiger partial charge in [0, 0.05) is 12.5 Å². The average molecular weight is 537 g/mol. The van der Waals surface area contributed by atoms with Crippen molar-refractivity contribution in [2.45, 2.75) is 25.4 Å². The largest absolute Gasteiger partial charge is 0.573 e. The van der Waals surface area contributed by atoms with Gasteiger partial charge in [-0.2, -0.15) is 0 Å². The van der Waals surface area contributed by atoms with Crippen molar-refractivity contribution in [2.24, 2.45) is 0 Å².